The zero-order valence-electron chi connectivity index (χ0n) is 19.7. The standard InChI is InChI=1S/C25H29N5O3S/c1-16-7-5-8-18(11-16)19-12-20(23(27-14-19)30-15-17(2)13-25(30,3)4)24(31)29-34(32,33)22-10-6-9-21(26)28-22/h5-12,14,17H,13,15H2,1-4H3,(H2,26,28)(H,29,31). The number of nitrogens with zero attached hydrogens (tertiary/aromatic N) is 3. The molecule has 3 N–H and O–H groups in total. The number of nitrogen functional groups attached to an aromatic ring is 1. The fourth-order valence-electron chi connectivity index (χ4n) is 4.59. The van der Waals surface area contributed by atoms with Crippen molar-refractivity contribution in [3.8, 4) is 11.1 Å². The number of hydrogen-bond donors (Lipinski definition) is 2. The van der Waals surface area contributed by atoms with Gasteiger partial charge in [0, 0.05) is 23.8 Å². The van der Waals surface area contributed by atoms with Gasteiger partial charge in [-0.2, -0.15) is 8.42 Å². The molecule has 1 amide bonds. The molecule has 0 radical (unpaired) electrons. The number of anilines is 2. The molecule has 0 aliphatic carbocycles. The van der Waals surface area contributed by atoms with Crippen LogP contribution in [-0.2, 0) is 10.0 Å². The topological polar surface area (TPSA) is 118 Å². The molecule has 1 aliphatic rings. The summed E-state index contributed by atoms with van der Waals surface area (Å²) in [7, 11) is -4.23. The first-order valence-corrected chi connectivity index (χ1v) is 12.6. The van der Waals surface area contributed by atoms with E-state index in [9.17, 15) is 13.2 Å². The number of aromatic nitrogens is 2. The van der Waals surface area contributed by atoms with Crippen LogP contribution < -0.4 is 15.4 Å². The Kier molecular flexibility index (Phi) is 6.07. The Balaban J connectivity index is 1.79. The second kappa shape index (κ2) is 8.72. The van der Waals surface area contributed by atoms with Crippen LogP contribution in [0.5, 0.6) is 0 Å². The molecule has 178 valence electrons. The van der Waals surface area contributed by atoms with Crippen molar-refractivity contribution >= 4 is 27.6 Å². The van der Waals surface area contributed by atoms with Crippen molar-refractivity contribution in [2.45, 2.75) is 44.7 Å². The molecule has 0 saturated carbocycles. The van der Waals surface area contributed by atoms with E-state index in [1.807, 2.05) is 31.2 Å². The first kappa shape index (κ1) is 23.7. The Bertz CT molecular complexity index is 1350. The second-order valence-electron chi connectivity index (χ2n) is 9.53. The molecule has 4 rings (SSSR count). The zero-order valence-corrected chi connectivity index (χ0v) is 20.6. The molecule has 1 atom stereocenters. The van der Waals surface area contributed by atoms with Crippen LogP contribution in [0, 0.1) is 12.8 Å². The number of benzene rings is 1. The Morgan fingerprint density at radius 2 is 1.88 bits per heavy atom. The summed E-state index contributed by atoms with van der Waals surface area (Å²) in [6, 6.07) is 13.8. The van der Waals surface area contributed by atoms with E-state index in [0.717, 1.165) is 23.1 Å². The van der Waals surface area contributed by atoms with Gasteiger partial charge < -0.3 is 10.6 Å². The Labute approximate surface area is 200 Å². The number of rotatable bonds is 5. The normalized spacial score (nSPS) is 17.5. The minimum Gasteiger partial charge on any atom is -0.384 e. The third-order valence-electron chi connectivity index (χ3n) is 6.04. The van der Waals surface area contributed by atoms with Gasteiger partial charge in [0.25, 0.3) is 15.9 Å². The molecular formula is C25H29N5O3S. The smallest absolute Gasteiger partial charge is 0.281 e. The average Bonchev–Trinajstić information content (AvgIpc) is 3.04. The summed E-state index contributed by atoms with van der Waals surface area (Å²) in [4.78, 5) is 24.0. The van der Waals surface area contributed by atoms with Crippen molar-refractivity contribution in [3.63, 3.8) is 0 Å². The van der Waals surface area contributed by atoms with Gasteiger partial charge in [0.1, 0.15) is 11.6 Å². The maximum absolute atomic E-state index is 13.4. The van der Waals surface area contributed by atoms with Crippen LogP contribution >= 0.6 is 0 Å². The van der Waals surface area contributed by atoms with Crippen molar-refractivity contribution in [2.24, 2.45) is 5.92 Å². The molecule has 0 spiro atoms. The van der Waals surface area contributed by atoms with E-state index >= 15 is 0 Å². The summed E-state index contributed by atoms with van der Waals surface area (Å²) in [5.41, 5.74) is 8.27. The third kappa shape index (κ3) is 4.75. The number of nitrogens with two attached hydrogens (primary N) is 1. The van der Waals surface area contributed by atoms with E-state index in [0.29, 0.717) is 18.3 Å². The summed E-state index contributed by atoms with van der Waals surface area (Å²) in [6.07, 6.45) is 2.66. The van der Waals surface area contributed by atoms with E-state index in [1.54, 1.807) is 12.3 Å². The lowest BCUT2D eigenvalue weighted by Crippen LogP contribution is -2.41. The van der Waals surface area contributed by atoms with E-state index in [1.165, 1.54) is 18.2 Å². The van der Waals surface area contributed by atoms with Crippen molar-refractivity contribution in [2.75, 3.05) is 17.2 Å². The van der Waals surface area contributed by atoms with Crippen LogP contribution in [0.2, 0.25) is 0 Å². The van der Waals surface area contributed by atoms with Gasteiger partial charge in [0.2, 0.25) is 0 Å². The maximum atomic E-state index is 13.4. The lowest BCUT2D eigenvalue weighted by atomic mass is 9.97. The largest absolute Gasteiger partial charge is 0.384 e. The predicted octanol–water partition coefficient (Wildman–Crippen LogP) is 3.78. The van der Waals surface area contributed by atoms with Crippen LogP contribution in [0.3, 0.4) is 0 Å². The van der Waals surface area contributed by atoms with E-state index in [2.05, 4.69) is 40.4 Å². The number of hydrogen-bond acceptors (Lipinski definition) is 7. The van der Waals surface area contributed by atoms with E-state index < -0.39 is 15.9 Å². The highest BCUT2D eigenvalue weighted by atomic mass is 32.2. The number of aryl methyl sites for hydroxylation is 1. The minimum atomic E-state index is -4.23. The summed E-state index contributed by atoms with van der Waals surface area (Å²) in [5, 5.41) is -0.319. The molecule has 1 unspecified atom stereocenters. The molecule has 3 aromatic rings. The van der Waals surface area contributed by atoms with Gasteiger partial charge in [-0.05, 0) is 56.9 Å². The number of sulfonamides is 1. The van der Waals surface area contributed by atoms with Gasteiger partial charge in [-0.15, -0.1) is 0 Å². The second-order valence-corrected chi connectivity index (χ2v) is 11.2. The highest BCUT2D eigenvalue weighted by molar-refractivity contribution is 7.90. The van der Waals surface area contributed by atoms with Gasteiger partial charge >= 0.3 is 0 Å². The highest BCUT2D eigenvalue weighted by Crippen LogP contribution is 2.38. The fourth-order valence-corrected chi connectivity index (χ4v) is 5.53. The molecule has 8 nitrogen and oxygen atoms in total. The molecule has 1 saturated heterocycles. The van der Waals surface area contributed by atoms with Crippen molar-refractivity contribution < 1.29 is 13.2 Å². The average molecular weight is 480 g/mol. The zero-order chi connectivity index (χ0) is 24.7. The van der Waals surface area contributed by atoms with Gasteiger partial charge in [-0.3, -0.25) is 4.79 Å². The number of amides is 1. The van der Waals surface area contributed by atoms with Crippen LogP contribution in [0.15, 0.2) is 59.8 Å². The van der Waals surface area contributed by atoms with Crippen LogP contribution in [0.25, 0.3) is 11.1 Å². The summed E-state index contributed by atoms with van der Waals surface area (Å²) < 4.78 is 27.9. The molecule has 3 heterocycles. The minimum absolute atomic E-state index is 0.0481. The quantitative estimate of drug-likeness (QED) is 0.572. The third-order valence-corrected chi connectivity index (χ3v) is 7.27. The molecule has 1 aromatic carbocycles. The Morgan fingerprint density at radius 1 is 1.15 bits per heavy atom. The number of pyridine rings is 2. The summed E-state index contributed by atoms with van der Waals surface area (Å²) >= 11 is 0. The fraction of sp³-hybridized carbons (Fsp3) is 0.320. The molecule has 2 aromatic heterocycles. The van der Waals surface area contributed by atoms with Gasteiger partial charge in [-0.1, -0.05) is 42.8 Å². The van der Waals surface area contributed by atoms with E-state index in [4.69, 9.17) is 5.73 Å². The monoisotopic (exact) mass is 479 g/mol. The lowest BCUT2D eigenvalue weighted by molar-refractivity contribution is 0.0981. The van der Waals surface area contributed by atoms with Crippen LogP contribution in [0.1, 0.15) is 43.1 Å². The Hall–Kier alpha value is -3.46. The number of carbonyl (C=O) groups is 1. The summed E-state index contributed by atoms with van der Waals surface area (Å²) in [6.45, 7) is 9.05. The van der Waals surface area contributed by atoms with Crippen molar-refractivity contribution in [1.29, 1.82) is 0 Å². The van der Waals surface area contributed by atoms with Crippen molar-refractivity contribution in [3.05, 3.63) is 65.9 Å². The van der Waals surface area contributed by atoms with Crippen LogP contribution in [0.4, 0.5) is 11.6 Å². The first-order chi connectivity index (χ1) is 16.0. The molecule has 1 fully saturated rings. The molecule has 1 aliphatic heterocycles. The lowest BCUT2D eigenvalue weighted by Gasteiger charge is -2.33. The molecule has 0 bridgehead atoms. The van der Waals surface area contributed by atoms with E-state index in [-0.39, 0.29) is 21.9 Å². The molecule has 34 heavy (non-hydrogen) atoms. The molecular weight excluding hydrogens is 450 g/mol. The first-order valence-electron chi connectivity index (χ1n) is 11.1. The van der Waals surface area contributed by atoms with Crippen molar-refractivity contribution in [1.82, 2.24) is 14.7 Å². The van der Waals surface area contributed by atoms with Gasteiger partial charge in [-0.25, -0.2) is 14.7 Å². The maximum Gasteiger partial charge on any atom is 0.281 e. The van der Waals surface area contributed by atoms with Gasteiger partial charge in [0.05, 0.1) is 5.56 Å². The SMILES string of the molecule is Cc1cccc(-c2cnc(N3CC(C)CC3(C)C)c(C(=O)NS(=O)(=O)c3cccc(N)n3)c2)c1. The number of nitrogens with one attached hydrogen (secondary N) is 1. The molecule has 9 heteroatoms. The Morgan fingerprint density at radius 3 is 2.53 bits per heavy atom. The summed E-state index contributed by atoms with van der Waals surface area (Å²) in [5.74, 6) is 0.145. The van der Waals surface area contributed by atoms with Crippen LogP contribution in [-0.4, -0.2) is 36.4 Å². The number of carbonyl (C=O) groups excluding carboxylic acids is 1. The highest BCUT2D eigenvalue weighted by Gasteiger charge is 2.39. The predicted molar refractivity (Wildman–Crippen MR) is 133 cm³/mol. The van der Waals surface area contributed by atoms with Gasteiger partial charge in [0.15, 0.2) is 5.03 Å².